The van der Waals surface area contributed by atoms with Crippen molar-refractivity contribution in [3.63, 3.8) is 0 Å². The van der Waals surface area contributed by atoms with Crippen LogP contribution in [0.5, 0.6) is 5.75 Å². The van der Waals surface area contributed by atoms with E-state index in [1.54, 1.807) is 7.11 Å². The summed E-state index contributed by atoms with van der Waals surface area (Å²) in [6, 6.07) is 8.24. The Labute approximate surface area is 120 Å². The molecule has 0 aliphatic rings. The fourth-order valence-electron chi connectivity index (χ4n) is 2.45. The van der Waals surface area contributed by atoms with E-state index in [0.29, 0.717) is 0 Å². The molecule has 0 spiro atoms. The number of hydrogen-bond donors (Lipinski definition) is 1. The van der Waals surface area contributed by atoms with Crippen molar-refractivity contribution < 1.29 is 4.74 Å². The molecule has 4 nitrogen and oxygen atoms in total. The van der Waals surface area contributed by atoms with Gasteiger partial charge in [-0.25, -0.2) is 0 Å². The molecule has 1 atom stereocenters. The zero-order valence-electron chi connectivity index (χ0n) is 12.7. The second kappa shape index (κ2) is 6.09. The molecule has 0 amide bonds. The van der Waals surface area contributed by atoms with Gasteiger partial charge in [-0.15, -0.1) is 0 Å². The number of methoxy groups -OCH3 is 1. The van der Waals surface area contributed by atoms with Crippen molar-refractivity contribution in [2.45, 2.75) is 39.8 Å². The van der Waals surface area contributed by atoms with Crippen molar-refractivity contribution in [1.29, 1.82) is 0 Å². The minimum Gasteiger partial charge on any atom is -0.497 e. The molecule has 0 radical (unpaired) electrons. The zero-order chi connectivity index (χ0) is 14.7. The molecule has 0 bridgehead atoms. The Balaban J connectivity index is 2.25. The van der Waals surface area contributed by atoms with Gasteiger partial charge in [0, 0.05) is 11.7 Å². The van der Waals surface area contributed by atoms with Crippen molar-refractivity contribution in [2.75, 3.05) is 7.11 Å². The average Bonchev–Trinajstić information content (AvgIpc) is 2.66. The quantitative estimate of drug-likeness (QED) is 0.910. The maximum atomic E-state index is 5.91. The molecule has 1 aromatic carbocycles. The Hall–Kier alpha value is -1.81. The van der Waals surface area contributed by atoms with Crippen LogP contribution in [0.3, 0.4) is 0 Å². The highest BCUT2D eigenvalue weighted by atomic mass is 16.5. The van der Waals surface area contributed by atoms with Crippen molar-refractivity contribution in [2.24, 2.45) is 5.73 Å². The summed E-state index contributed by atoms with van der Waals surface area (Å²) < 4.78 is 7.30. The largest absolute Gasteiger partial charge is 0.497 e. The third kappa shape index (κ3) is 3.20. The van der Waals surface area contributed by atoms with Gasteiger partial charge in [-0.2, -0.15) is 5.10 Å². The van der Waals surface area contributed by atoms with Crippen LogP contribution < -0.4 is 10.5 Å². The van der Waals surface area contributed by atoms with Gasteiger partial charge in [0.2, 0.25) is 0 Å². The summed E-state index contributed by atoms with van der Waals surface area (Å²) in [4.78, 5) is 0. The first-order valence-electron chi connectivity index (χ1n) is 6.92. The highest BCUT2D eigenvalue weighted by molar-refractivity contribution is 5.30. The number of benzene rings is 1. The van der Waals surface area contributed by atoms with Crippen LogP contribution in [0.1, 0.15) is 29.4 Å². The Morgan fingerprint density at radius 3 is 2.75 bits per heavy atom. The van der Waals surface area contributed by atoms with Gasteiger partial charge in [0.1, 0.15) is 5.75 Å². The molecule has 2 aromatic rings. The maximum Gasteiger partial charge on any atom is 0.119 e. The Morgan fingerprint density at radius 1 is 1.35 bits per heavy atom. The minimum absolute atomic E-state index is 0.155. The van der Waals surface area contributed by atoms with Crippen molar-refractivity contribution >= 4 is 0 Å². The topological polar surface area (TPSA) is 53.1 Å². The van der Waals surface area contributed by atoms with Crippen LogP contribution in [0, 0.1) is 13.8 Å². The van der Waals surface area contributed by atoms with Gasteiger partial charge in [0.05, 0.1) is 19.3 Å². The number of nitrogens with two attached hydrogens (primary N) is 1. The molecule has 2 rings (SSSR count). The minimum atomic E-state index is 0.155. The third-order valence-corrected chi connectivity index (χ3v) is 3.52. The van der Waals surface area contributed by atoms with Crippen LogP contribution in [0.25, 0.3) is 0 Å². The van der Waals surface area contributed by atoms with E-state index in [1.165, 1.54) is 16.8 Å². The number of ether oxygens (including phenoxy) is 1. The van der Waals surface area contributed by atoms with Crippen LogP contribution >= 0.6 is 0 Å². The second-order valence-corrected chi connectivity index (χ2v) is 5.34. The molecule has 0 saturated heterocycles. The zero-order valence-corrected chi connectivity index (χ0v) is 12.7. The third-order valence-electron chi connectivity index (χ3n) is 3.52. The van der Waals surface area contributed by atoms with Gasteiger partial charge in [0.25, 0.3) is 0 Å². The van der Waals surface area contributed by atoms with E-state index in [9.17, 15) is 0 Å². The normalized spacial score (nSPS) is 12.4. The molecule has 108 valence electrons. The van der Waals surface area contributed by atoms with Gasteiger partial charge in [0.15, 0.2) is 0 Å². The van der Waals surface area contributed by atoms with Gasteiger partial charge in [-0.05, 0) is 50.5 Å². The smallest absolute Gasteiger partial charge is 0.119 e. The summed E-state index contributed by atoms with van der Waals surface area (Å²) in [6.07, 6.45) is 0.871. The lowest BCUT2D eigenvalue weighted by Gasteiger charge is -2.08. The molecule has 0 aliphatic heterocycles. The molecule has 4 heteroatoms. The number of hydrogen-bond acceptors (Lipinski definition) is 3. The van der Waals surface area contributed by atoms with Crippen molar-refractivity contribution in [1.82, 2.24) is 9.78 Å². The summed E-state index contributed by atoms with van der Waals surface area (Å²) >= 11 is 0. The van der Waals surface area contributed by atoms with Crippen LogP contribution in [-0.4, -0.2) is 22.9 Å². The molecular formula is C16H23N3O. The predicted octanol–water partition coefficient (Wildman–Crippen LogP) is 2.45. The first kappa shape index (κ1) is 14.6. The van der Waals surface area contributed by atoms with Crippen molar-refractivity contribution in [3.05, 3.63) is 46.8 Å². The Bertz CT molecular complexity index is 587. The first-order valence-corrected chi connectivity index (χ1v) is 6.92. The summed E-state index contributed by atoms with van der Waals surface area (Å²) in [7, 11) is 1.68. The van der Waals surface area contributed by atoms with E-state index in [0.717, 1.165) is 24.4 Å². The summed E-state index contributed by atoms with van der Waals surface area (Å²) in [5.41, 5.74) is 10.6. The second-order valence-electron chi connectivity index (χ2n) is 5.34. The van der Waals surface area contributed by atoms with E-state index >= 15 is 0 Å². The lowest BCUT2D eigenvalue weighted by atomic mass is 10.1. The van der Waals surface area contributed by atoms with Gasteiger partial charge in [-0.1, -0.05) is 12.1 Å². The monoisotopic (exact) mass is 273 g/mol. The molecule has 1 heterocycles. The van der Waals surface area contributed by atoms with E-state index in [2.05, 4.69) is 18.1 Å². The van der Waals surface area contributed by atoms with Crippen LogP contribution in [0.15, 0.2) is 24.3 Å². The molecule has 0 saturated carbocycles. The van der Waals surface area contributed by atoms with Crippen LogP contribution in [0.2, 0.25) is 0 Å². The Morgan fingerprint density at radius 2 is 2.10 bits per heavy atom. The number of nitrogens with zero attached hydrogens (tertiary/aromatic N) is 2. The molecule has 20 heavy (non-hydrogen) atoms. The molecule has 1 aromatic heterocycles. The van der Waals surface area contributed by atoms with Crippen LogP contribution in [0.4, 0.5) is 0 Å². The standard InChI is InChI=1S/C16H23N3O/c1-11(17)8-16-12(2)18-19(13(16)3)10-14-6-5-7-15(9-14)20-4/h5-7,9,11H,8,10,17H2,1-4H3. The number of aryl methyl sites for hydroxylation is 1. The highest BCUT2D eigenvalue weighted by Crippen LogP contribution is 2.18. The molecule has 0 fully saturated rings. The van der Waals surface area contributed by atoms with Gasteiger partial charge in [-0.3, -0.25) is 4.68 Å². The summed E-state index contributed by atoms with van der Waals surface area (Å²) in [5.74, 6) is 0.875. The number of aromatic nitrogens is 2. The van der Waals surface area contributed by atoms with E-state index in [4.69, 9.17) is 10.5 Å². The van der Waals surface area contributed by atoms with E-state index < -0.39 is 0 Å². The summed E-state index contributed by atoms with van der Waals surface area (Å²) in [6.45, 7) is 6.94. The Kier molecular flexibility index (Phi) is 4.45. The predicted molar refractivity (Wildman–Crippen MR) is 81.2 cm³/mol. The summed E-state index contributed by atoms with van der Waals surface area (Å²) in [5, 5.41) is 4.63. The fourth-order valence-corrected chi connectivity index (χ4v) is 2.45. The molecule has 2 N–H and O–H groups in total. The average molecular weight is 273 g/mol. The lowest BCUT2D eigenvalue weighted by Crippen LogP contribution is -2.18. The molecular weight excluding hydrogens is 250 g/mol. The number of rotatable bonds is 5. The fraction of sp³-hybridized carbons (Fsp3) is 0.438. The van der Waals surface area contributed by atoms with Gasteiger partial charge >= 0.3 is 0 Å². The van der Waals surface area contributed by atoms with E-state index in [1.807, 2.05) is 36.7 Å². The highest BCUT2D eigenvalue weighted by Gasteiger charge is 2.13. The molecule has 1 unspecified atom stereocenters. The SMILES string of the molecule is COc1cccc(Cn2nc(C)c(CC(C)N)c2C)c1. The lowest BCUT2D eigenvalue weighted by molar-refractivity contribution is 0.414. The maximum absolute atomic E-state index is 5.91. The van der Waals surface area contributed by atoms with Crippen LogP contribution in [-0.2, 0) is 13.0 Å². The van der Waals surface area contributed by atoms with Crippen molar-refractivity contribution in [3.8, 4) is 5.75 Å². The molecule has 0 aliphatic carbocycles. The van der Waals surface area contributed by atoms with Gasteiger partial charge < -0.3 is 10.5 Å². The first-order chi connectivity index (χ1) is 9.51. The van der Waals surface area contributed by atoms with E-state index in [-0.39, 0.29) is 6.04 Å².